The van der Waals surface area contributed by atoms with E-state index in [1.165, 1.54) is 12.1 Å². The van der Waals surface area contributed by atoms with E-state index < -0.39 is 30.3 Å². The molecule has 4 rings (SSSR count). The van der Waals surface area contributed by atoms with Gasteiger partial charge in [-0.15, -0.1) is 0 Å². The molecule has 1 amide bonds. The number of nitriles is 1. The van der Waals surface area contributed by atoms with Gasteiger partial charge in [0.1, 0.15) is 24.1 Å². The number of alkyl carbamates (subject to hydrolysis) is 1. The number of ether oxygens (including phenoxy) is 1. The quantitative estimate of drug-likeness (QED) is 0.510. The van der Waals surface area contributed by atoms with Crippen LogP contribution in [0.3, 0.4) is 0 Å². The molecule has 0 radical (unpaired) electrons. The Labute approximate surface area is 202 Å². The lowest BCUT2D eigenvalue weighted by atomic mass is 9.98. The molecule has 8 heteroatoms. The van der Waals surface area contributed by atoms with Gasteiger partial charge in [-0.3, -0.25) is 4.79 Å². The molecule has 0 saturated carbocycles. The van der Waals surface area contributed by atoms with Gasteiger partial charge in [0.2, 0.25) is 0 Å². The Balaban J connectivity index is 1.54. The normalized spacial score (nSPS) is 12.7. The number of nitrogens with one attached hydrogen (secondary N) is 1. The highest BCUT2D eigenvalue weighted by Gasteiger charge is 2.30. The van der Waals surface area contributed by atoms with Crippen molar-refractivity contribution in [2.75, 3.05) is 25.6 Å². The Morgan fingerprint density at radius 2 is 1.69 bits per heavy atom. The summed E-state index contributed by atoms with van der Waals surface area (Å²) < 4.78 is 20.7. The molecule has 0 saturated heterocycles. The first-order valence-corrected chi connectivity index (χ1v) is 11.0. The molecule has 3 aromatic rings. The van der Waals surface area contributed by atoms with Gasteiger partial charge in [-0.25, -0.2) is 9.18 Å². The van der Waals surface area contributed by atoms with Crippen LogP contribution in [0.4, 0.5) is 14.9 Å². The first-order valence-electron chi connectivity index (χ1n) is 11.0. The standard InChI is InChI=1S/C27H24FN3O4/c1-31(2)24-12-11-20(26(28)21(24)14-29)23(13-25(32)33)30-27(34)35-15-22-18-9-5-3-7-16(18)17-8-4-6-10-19(17)22/h3-12,22-23H,13,15H2,1-2H3,(H,30,34)(H,32,33). The van der Waals surface area contributed by atoms with E-state index in [2.05, 4.69) is 5.32 Å². The summed E-state index contributed by atoms with van der Waals surface area (Å²) in [6.45, 7) is 0.0329. The van der Waals surface area contributed by atoms with Crippen molar-refractivity contribution in [1.82, 2.24) is 5.32 Å². The molecule has 0 spiro atoms. The van der Waals surface area contributed by atoms with Gasteiger partial charge in [0.05, 0.1) is 18.2 Å². The minimum atomic E-state index is -1.23. The number of fused-ring (bicyclic) bond motifs is 3. The van der Waals surface area contributed by atoms with Crippen molar-refractivity contribution in [3.63, 3.8) is 0 Å². The first-order chi connectivity index (χ1) is 16.8. The van der Waals surface area contributed by atoms with Crippen LogP contribution in [0.2, 0.25) is 0 Å². The monoisotopic (exact) mass is 473 g/mol. The van der Waals surface area contributed by atoms with E-state index in [1.807, 2.05) is 54.6 Å². The van der Waals surface area contributed by atoms with Crippen molar-refractivity contribution in [3.8, 4) is 17.2 Å². The van der Waals surface area contributed by atoms with Gasteiger partial charge in [0.15, 0.2) is 0 Å². The molecule has 7 nitrogen and oxygen atoms in total. The van der Waals surface area contributed by atoms with Gasteiger partial charge in [-0.1, -0.05) is 54.6 Å². The molecule has 2 N–H and O–H groups in total. The molecule has 35 heavy (non-hydrogen) atoms. The van der Waals surface area contributed by atoms with Crippen LogP contribution in [0.15, 0.2) is 60.7 Å². The van der Waals surface area contributed by atoms with Crippen LogP contribution in [0.5, 0.6) is 0 Å². The highest BCUT2D eigenvalue weighted by Crippen LogP contribution is 2.44. The number of carboxylic acid groups (broad SMARTS) is 1. The summed E-state index contributed by atoms with van der Waals surface area (Å²) in [6, 6.07) is 19.3. The average Bonchev–Trinajstić information content (AvgIpc) is 3.15. The number of rotatable bonds is 7. The van der Waals surface area contributed by atoms with Crippen LogP contribution in [-0.2, 0) is 9.53 Å². The van der Waals surface area contributed by atoms with E-state index in [4.69, 9.17) is 4.74 Å². The van der Waals surface area contributed by atoms with Crippen molar-refractivity contribution in [3.05, 3.63) is 88.7 Å². The SMILES string of the molecule is CN(C)c1ccc(C(CC(=O)O)NC(=O)OCC2c3ccccc3-c3ccccc32)c(F)c1C#N. The summed E-state index contributed by atoms with van der Waals surface area (Å²) in [7, 11) is 3.33. The number of aliphatic carboxylic acids is 1. The molecular formula is C27H24FN3O4. The second-order valence-corrected chi connectivity index (χ2v) is 8.49. The molecular weight excluding hydrogens is 449 g/mol. The summed E-state index contributed by atoms with van der Waals surface area (Å²) in [5.41, 5.74) is 4.25. The number of nitrogens with zero attached hydrogens (tertiary/aromatic N) is 2. The molecule has 0 aromatic heterocycles. The zero-order valence-electron chi connectivity index (χ0n) is 19.3. The average molecular weight is 474 g/mol. The lowest BCUT2D eigenvalue weighted by molar-refractivity contribution is -0.137. The third-order valence-corrected chi connectivity index (χ3v) is 6.13. The fourth-order valence-electron chi connectivity index (χ4n) is 4.53. The third kappa shape index (κ3) is 4.66. The Morgan fingerprint density at radius 1 is 1.09 bits per heavy atom. The number of hydrogen-bond donors (Lipinski definition) is 2. The fraction of sp³-hybridized carbons (Fsp3) is 0.222. The third-order valence-electron chi connectivity index (χ3n) is 6.13. The van der Waals surface area contributed by atoms with Gasteiger partial charge >= 0.3 is 12.1 Å². The van der Waals surface area contributed by atoms with Crippen LogP contribution < -0.4 is 10.2 Å². The number of amides is 1. The molecule has 1 aliphatic rings. The maximum atomic E-state index is 15.2. The number of carbonyl (C=O) groups is 2. The molecule has 0 aliphatic heterocycles. The van der Waals surface area contributed by atoms with Crippen LogP contribution in [-0.4, -0.2) is 37.9 Å². The number of carbonyl (C=O) groups excluding carboxylic acids is 1. The lowest BCUT2D eigenvalue weighted by Gasteiger charge is -2.22. The number of anilines is 1. The minimum Gasteiger partial charge on any atom is -0.481 e. The van der Waals surface area contributed by atoms with Crippen LogP contribution >= 0.6 is 0 Å². The zero-order chi connectivity index (χ0) is 25.1. The predicted molar refractivity (Wildman–Crippen MR) is 129 cm³/mol. The largest absolute Gasteiger partial charge is 0.481 e. The first kappa shape index (κ1) is 23.8. The maximum Gasteiger partial charge on any atom is 0.407 e. The summed E-state index contributed by atoms with van der Waals surface area (Å²) in [5.74, 6) is -2.28. The second kappa shape index (κ2) is 9.85. The van der Waals surface area contributed by atoms with Crippen molar-refractivity contribution < 1.29 is 23.8 Å². The van der Waals surface area contributed by atoms with Crippen LogP contribution in [0, 0.1) is 17.1 Å². The molecule has 1 atom stereocenters. The summed E-state index contributed by atoms with van der Waals surface area (Å²) >= 11 is 0. The van der Waals surface area contributed by atoms with E-state index in [-0.39, 0.29) is 23.7 Å². The van der Waals surface area contributed by atoms with E-state index >= 15 is 4.39 Å². The van der Waals surface area contributed by atoms with Gasteiger partial charge in [0, 0.05) is 25.6 Å². The van der Waals surface area contributed by atoms with Crippen LogP contribution in [0.1, 0.15) is 40.6 Å². The molecule has 1 aliphatic carbocycles. The van der Waals surface area contributed by atoms with Gasteiger partial charge in [-0.05, 0) is 28.3 Å². The Kier molecular flexibility index (Phi) is 6.69. The predicted octanol–water partition coefficient (Wildman–Crippen LogP) is 4.82. The zero-order valence-corrected chi connectivity index (χ0v) is 19.3. The number of benzene rings is 3. The number of halogens is 1. The number of carboxylic acids is 1. The van der Waals surface area contributed by atoms with E-state index in [1.54, 1.807) is 19.0 Å². The Hall–Kier alpha value is -4.38. The molecule has 178 valence electrons. The Morgan fingerprint density at radius 3 is 2.23 bits per heavy atom. The van der Waals surface area contributed by atoms with Crippen molar-refractivity contribution in [1.29, 1.82) is 5.26 Å². The minimum absolute atomic E-state index is 0.0329. The van der Waals surface area contributed by atoms with E-state index in [9.17, 15) is 20.0 Å². The molecule has 3 aromatic carbocycles. The van der Waals surface area contributed by atoms with Gasteiger partial charge in [-0.2, -0.15) is 5.26 Å². The molecule has 0 fully saturated rings. The van der Waals surface area contributed by atoms with Gasteiger partial charge < -0.3 is 20.1 Å². The van der Waals surface area contributed by atoms with E-state index in [0.717, 1.165) is 22.3 Å². The molecule has 0 bridgehead atoms. The number of hydrogen-bond acceptors (Lipinski definition) is 5. The smallest absolute Gasteiger partial charge is 0.407 e. The molecule has 0 heterocycles. The van der Waals surface area contributed by atoms with Crippen molar-refractivity contribution in [2.24, 2.45) is 0 Å². The highest BCUT2D eigenvalue weighted by atomic mass is 19.1. The summed E-state index contributed by atoms with van der Waals surface area (Å²) in [4.78, 5) is 25.7. The molecule has 1 unspecified atom stereocenters. The lowest BCUT2D eigenvalue weighted by Crippen LogP contribution is -2.32. The van der Waals surface area contributed by atoms with E-state index in [0.29, 0.717) is 5.69 Å². The second-order valence-electron chi connectivity index (χ2n) is 8.49. The van der Waals surface area contributed by atoms with Gasteiger partial charge in [0.25, 0.3) is 0 Å². The highest BCUT2D eigenvalue weighted by molar-refractivity contribution is 5.79. The van der Waals surface area contributed by atoms with Crippen molar-refractivity contribution in [2.45, 2.75) is 18.4 Å². The van der Waals surface area contributed by atoms with Crippen molar-refractivity contribution >= 4 is 17.7 Å². The fourth-order valence-corrected chi connectivity index (χ4v) is 4.53. The summed E-state index contributed by atoms with van der Waals surface area (Å²) in [6.07, 6.45) is -1.44. The van der Waals surface area contributed by atoms with Crippen LogP contribution in [0.25, 0.3) is 11.1 Å². The Bertz CT molecular complexity index is 1290. The maximum absolute atomic E-state index is 15.2. The summed E-state index contributed by atoms with van der Waals surface area (Å²) in [5, 5.41) is 21.3. The topological polar surface area (TPSA) is 103 Å².